The van der Waals surface area contributed by atoms with Crippen LogP contribution in [0.25, 0.3) is 0 Å². The number of esters is 1. The molecule has 0 saturated carbocycles. The highest BCUT2D eigenvalue weighted by Crippen LogP contribution is 2.21. The van der Waals surface area contributed by atoms with E-state index < -0.39 is 30.3 Å². The molecular formula is C20H15IN2O5. The Bertz CT molecular complexity index is 997. The lowest BCUT2D eigenvalue weighted by atomic mass is 10.2. The van der Waals surface area contributed by atoms with Crippen molar-refractivity contribution in [1.82, 2.24) is 0 Å². The van der Waals surface area contributed by atoms with Crippen LogP contribution in [0.4, 0.5) is 11.4 Å². The Hall–Kier alpha value is -3.01. The van der Waals surface area contributed by atoms with E-state index in [-0.39, 0.29) is 11.3 Å². The van der Waals surface area contributed by atoms with E-state index in [0.29, 0.717) is 5.69 Å². The van der Waals surface area contributed by atoms with E-state index in [2.05, 4.69) is 27.9 Å². The number of nitrogens with zero attached hydrogens (tertiary/aromatic N) is 1. The lowest BCUT2D eigenvalue weighted by molar-refractivity contribution is -0.120. The first-order valence-corrected chi connectivity index (χ1v) is 9.32. The molecule has 0 radical (unpaired) electrons. The summed E-state index contributed by atoms with van der Waals surface area (Å²) in [6, 6.07) is 11.5. The molecule has 3 amide bonds. The van der Waals surface area contributed by atoms with Crippen molar-refractivity contribution in [2.75, 3.05) is 16.8 Å². The lowest BCUT2D eigenvalue weighted by Crippen LogP contribution is -2.29. The molecule has 3 rings (SSSR count). The molecule has 1 N–H and O–H groups in total. The van der Waals surface area contributed by atoms with Crippen molar-refractivity contribution in [3.05, 3.63) is 69.3 Å². The zero-order valence-corrected chi connectivity index (χ0v) is 16.9. The number of benzene rings is 2. The van der Waals surface area contributed by atoms with Gasteiger partial charge in [-0.25, -0.2) is 9.69 Å². The standard InChI is InChI=1S/C20H15IN2O5/c1-12-9-14(21)5-6-16(12)22-17(24)11-28-20(27)13-3-2-4-15(10-13)23-18(25)7-8-19(23)26/h2-10H,11H2,1H3,(H,22,24). The van der Waals surface area contributed by atoms with Crippen LogP contribution in [0.2, 0.25) is 0 Å². The van der Waals surface area contributed by atoms with Gasteiger partial charge in [0.05, 0.1) is 11.3 Å². The molecule has 0 aromatic heterocycles. The summed E-state index contributed by atoms with van der Waals surface area (Å²) in [6.07, 6.45) is 2.31. The number of carbonyl (C=O) groups is 4. The van der Waals surface area contributed by atoms with E-state index in [1.54, 1.807) is 6.07 Å². The first kappa shape index (κ1) is 19.7. The fourth-order valence-corrected chi connectivity index (χ4v) is 3.24. The van der Waals surface area contributed by atoms with Gasteiger partial charge in [-0.15, -0.1) is 0 Å². The van der Waals surface area contributed by atoms with Gasteiger partial charge in [-0.3, -0.25) is 14.4 Å². The van der Waals surface area contributed by atoms with Crippen LogP contribution in [0, 0.1) is 10.5 Å². The molecule has 28 heavy (non-hydrogen) atoms. The van der Waals surface area contributed by atoms with Crippen LogP contribution in [0.5, 0.6) is 0 Å². The fourth-order valence-electron chi connectivity index (χ4n) is 2.59. The number of imide groups is 1. The second-order valence-electron chi connectivity index (χ2n) is 5.98. The Morgan fingerprint density at radius 2 is 1.79 bits per heavy atom. The number of aryl methyl sites for hydroxylation is 1. The van der Waals surface area contributed by atoms with Gasteiger partial charge in [0, 0.05) is 21.4 Å². The Balaban J connectivity index is 1.62. The van der Waals surface area contributed by atoms with Crippen LogP contribution in [-0.2, 0) is 19.1 Å². The van der Waals surface area contributed by atoms with Crippen LogP contribution < -0.4 is 10.2 Å². The van der Waals surface area contributed by atoms with Gasteiger partial charge in [-0.05, 0) is 71.5 Å². The third kappa shape index (κ3) is 4.45. The predicted molar refractivity (Wildman–Crippen MR) is 111 cm³/mol. The van der Waals surface area contributed by atoms with E-state index in [9.17, 15) is 19.2 Å². The molecular weight excluding hydrogens is 475 g/mol. The van der Waals surface area contributed by atoms with Crippen LogP contribution >= 0.6 is 22.6 Å². The Labute approximate surface area is 174 Å². The molecule has 0 fully saturated rings. The summed E-state index contributed by atoms with van der Waals surface area (Å²) >= 11 is 2.17. The molecule has 0 spiro atoms. The molecule has 2 aromatic carbocycles. The summed E-state index contributed by atoms with van der Waals surface area (Å²) in [4.78, 5) is 48.7. The number of ether oxygens (including phenoxy) is 1. The number of amides is 3. The van der Waals surface area contributed by atoms with Crippen LogP contribution in [0.15, 0.2) is 54.6 Å². The Kier molecular flexibility index (Phi) is 5.88. The van der Waals surface area contributed by atoms with Crippen LogP contribution in [0.1, 0.15) is 15.9 Å². The van der Waals surface area contributed by atoms with Gasteiger partial charge in [0.1, 0.15) is 0 Å². The molecule has 142 valence electrons. The highest BCUT2D eigenvalue weighted by Gasteiger charge is 2.25. The summed E-state index contributed by atoms with van der Waals surface area (Å²) in [6.45, 7) is 1.41. The molecule has 8 heteroatoms. The zero-order valence-electron chi connectivity index (χ0n) is 14.8. The van der Waals surface area contributed by atoms with Crippen LogP contribution in [0.3, 0.4) is 0 Å². The largest absolute Gasteiger partial charge is 0.452 e. The summed E-state index contributed by atoms with van der Waals surface area (Å²) in [7, 11) is 0. The summed E-state index contributed by atoms with van der Waals surface area (Å²) in [5.74, 6) is -2.17. The predicted octanol–water partition coefficient (Wildman–Crippen LogP) is 2.82. The van der Waals surface area contributed by atoms with Crippen molar-refractivity contribution >= 4 is 57.7 Å². The number of rotatable bonds is 5. The minimum Gasteiger partial charge on any atom is -0.452 e. The van der Waals surface area contributed by atoms with Gasteiger partial charge in [0.25, 0.3) is 17.7 Å². The highest BCUT2D eigenvalue weighted by molar-refractivity contribution is 14.1. The van der Waals surface area contributed by atoms with Crippen molar-refractivity contribution < 1.29 is 23.9 Å². The van der Waals surface area contributed by atoms with Gasteiger partial charge < -0.3 is 10.1 Å². The monoisotopic (exact) mass is 490 g/mol. The third-order valence-corrected chi connectivity index (χ3v) is 4.62. The second kappa shape index (κ2) is 8.34. The van der Waals surface area contributed by atoms with Crippen molar-refractivity contribution in [3.8, 4) is 0 Å². The van der Waals surface area contributed by atoms with Gasteiger partial charge in [0.15, 0.2) is 6.61 Å². The van der Waals surface area contributed by atoms with Crippen molar-refractivity contribution in [2.45, 2.75) is 6.92 Å². The molecule has 1 heterocycles. The minimum atomic E-state index is -0.733. The maximum atomic E-state index is 12.2. The number of hydrogen-bond donors (Lipinski definition) is 1. The first-order valence-electron chi connectivity index (χ1n) is 8.24. The molecule has 0 atom stereocenters. The normalized spacial score (nSPS) is 13.0. The van der Waals surface area contributed by atoms with Crippen molar-refractivity contribution in [1.29, 1.82) is 0 Å². The number of anilines is 2. The van der Waals surface area contributed by atoms with Crippen LogP contribution in [-0.4, -0.2) is 30.3 Å². The van der Waals surface area contributed by atoms with Gasteiger partial charge in [0.2, 0.25) is 0 Å². The van der Waals surface area contributed by atoms with Gasteiger partial charge in [-0.1, -0.05) is 6.07 Å². The molecule has 2 aromatic rings. The maximum absolute atomic E-state index is 12.2. The minimum absolute atomic E-state index is 0.128. The number of halogens is 1. The number of nitrogens with one attached hydrogen (secondary N) is 1. The molecule has 7 nitrogen and oxygen atoms in total. The van der Waals surface area contributed by atoms with E-state index in [1.807, 2.05) is 19.1 Å². The van der Waals surface area contributed by atoms with Gasteiger partial charge in [-0.2, -0.15) is 0 Å². The van der Waals surface area contributed by atoms with E-state index in [1.165, 1.54) is 24.3 Å². The molecule has 1 aliphatic heterocycles. The third-order valence-electron chi connectivity index (χ3n) is 3.95. The van der Waals surface area contributed by atoms with E-state index in [0.717, 1.165) is 26.2 Å². The zero-order chi connectivity index (χ0) is 20.3. The van der Waals surface area contributed by atoms with E-state index >= 15 is 0 Å². The average Bonchev–Trinajstić information content (AvgIpc) is 3.00. The SMILES string of the molecule is Cc1cc(I)ccc1NC(=O)COC(=O)c1cccc(N2C(=O)C=CC2=O)c1. The second-order valence-corrected chi connectivity index (χ2v) is 7.22. The summed E-state index contributed by atoms with van der Waals surface area (Å²) in [5.41, 5.74) is 1.92. The molecule has 1 aliphatic rings. The highest BCUT2D eigenvalue weighted by atomic mass is 127. The van der Waals surface area contributed by atoms with Crippen molar-refractivity contribution in [2.24, 2.45) is 0 Å². The Morgan fingerprint density at radius 1 is 1.07 bits per heavy atom. The lowest BCUT2D eigenvalue weighted by Gasteiger charge is -2.14. The summed E-state index contributed by atoms with van der Waals surface area (Å²) < 4.78 is 6.09. The summed E-state index contributed by atoms with van der Waals surface area (Å²) in [5, 5.41) is 2.69. The first-order chi connectivity index (χ1) is 13.3. The topological polar surface area (TPSA) is 92.8 Å². The molecule has 0 aliphatic carbocycles. The number of carbonyl (C=O) groups excluding carboxylic acids is 4. The van der Waals surface area contributed by atoms with E-state index in [4.69, 9.17) is 4.74 Å². The Morgan fingerprint density at radius 3 is 2.46 bits per heavy atom. The number of hydrogen-bond acceptors (Lipinski definition) is 5. The molecule has 0 bridgehead atoms. The molecule has 0 unspecified atom stereocenters. The van der Waals surface area contributed by atoms with Gasteiger partial charge >= 0.3 is 5.97 Å². The smallest absolute Gasteiger partial charge is 0.338 e. The quantitative estimate of drug-likeness (QED) is 0.396. The fraction of sp³-hybridized carbons (Fsp3) is 0.100. The van der Waals surface area contributed by atoms with Crippen molar-refractivity contribution in [3.63, 3.8) is 0 Å². The average molecular weight is 490 g/mol. The maximum Gasteiger partial charge on any atom is 0.338 e. The molecule has 0 saturated heterocycles.